The number of benzene rings is 3. The van der Waals surface area contributed by atoms with Gasteiger partial charge in [0.1, 0.15) is 11.3 Å². The van der Waals surface area contributed by atoms with E-state index in [1.807, 2.05) is 42.5 Å². The quantitative estimate of drug-likeness (QED) is 0.505. The van der Waals surface area contributed by atoms with E-state index in [-0.39, 0.29) is 5.76 Å². The minimum Gasteiger partial charge on any atom is -0.497 e. The number of hydrogen-bond acceptors (Lipinski definition) is 4. The van der Waals surface area contributed by atoms with Crippen LogP contribution in [-0.4, -0.2) is 18.9 Å². The van der Waals surface area contributed by atoms with Crippen molar-refractivity contribution in [3.63, 3.8) is 0 Å². The number of rotatable bonds is 5. The summed E-state index contributed by atoms with van der Waals surface area (Å²) in [6.07, 6.45) is 0. The molecular formula is C24H20N2O4. The van der Waals surface area contributed by atoms with E-state index in [0.29, 0.717) is 33.7 Å². The highest BCUT2D eigenvalue weighted by atomic mass is 16.5. The van der Waals surface area contributed by atoms with Gasteiger partial charge >= 0.3 is 0 Å². The van der Waals surface area contributed by atoms with Gasteiger partial charge in [-0.3, -0.25) is 9.59 Å². The van der Waals surface area contributed by atoms with Crippen LogP contribution >= 0.6 is 0 Å². The molecule has 2 amide bonds. The molecule has 0 saturated carbocycles. The SMILES string of the molecule is COc1ccc2c(-c3ccccc3)c(C(=O)Nc3cccc(C(N)=O)c3C)oc2c1. The van der Waals surface area contributed by atoms with Crippen LogP contribution in [0.25, 0.3) is 22.1 Å². The average molecular weight is 400 g/mol. The number of fused-ring (bicyclic) bond motifs is 1. The standard InChI is InChI=1S/C24H20N2O4/c1-14-17(23(25)27)9-6-10-19(14)26-24(28)22-21(15-7-4-3-5-8-15)18-12-11-16(29-2)13-20(18)30-22/h3-13H,1-2H3,(H2,25,27)(H,26,28). The van der Waals surface area contributed by atoms with Crippen molar-refractivity contribution in [2.45, 2.75) is 6.92 Å². The molecular weight excluding hydrogens is 380 g/mol. The fourth-order valence-electron chi connectivity index (χ4n) is 3.47. The molecule has 1 heterocycles. The van der Waals surface area contributed by atoms with Gasteiger partial charge < -0.3 is 20.2 Å². The molecule has 0 aliphatic rings. The van der Waals surface area contributed by atoms with Crippen LogP contribution in [-0.2, 0) is 0 Å². The van der Waals surface area contributed by atoms with Crippen molar-refractivity contribution in [1.82, 2.24) is 0 Å². The maximum absolute atomic E-state index is 13.2. The largest absolute Gasteiger partial charge is 0.497 e. The first-order valence-electron chi connectivity index (χ1n) is 9.36. The van der Waals surface area contributed by atoms with E-state index < -0.39 is 11.8 Å². The average Bonchev–Trinajstić information content (AvgIpc) is 3.14. The van der Waals surface area contributed by atoms with Crippen molar-refractivity contribution in [3.8, 4) is 16.9 Å². The summed E-state index contributed by atoms with van der Waals surface area (Å²) in [7, 11) is 1.57. The van der Waals surface area contributed by atoms with E-state index in [9.17, 15) is 9.59 Å². The number of primary amides is 1. The molecule has 0 atom stereocenters. The van der Waals surface area contributed by atoms with Gasteiger partial charge in [0, 0.05) is 28.3 Å². The monoisotopic (exact) mass is 400 g/mol. The third-order valence-corrected chi connectivity index (χ3v) is 5.01. The van der Waals surface area contributed by atoms with Crippen LogP contribution in [0.2, 0.25) is 0 Å². The van der Waals surface area contributed by atoms with E-state index in [2.05, 4.69) is 5.32 Å². The molecule has 0 bridgehead atoms. The second kappa shape index (κ2) is 7.75. The summed E-state index contributed by atoms with van der Waals surface area (Å²) >= 11 is 0. The summed E-state index contributed by atoms with van der Waals surface area (Å²) in [6.45, 7) is 1.73. The normalized spacial score (nSPS) is 10.7. The first-order chi connectivity index (χ1) is 14.5. The Kier molecular flexibility index (Phi) is 4.98. The van der Waals surface area contributed by atoms with Gasteiger partial charge in [0.2, 0.25) is 11.7 Å². The maximum atomic E-state index is 13.2. The first kappa shape index (κ1) is 19.3. The molecule has 0 unspecified atom stereocenters. The highest BCUT2D eigenvalue weighted by Gasteiger charge is 2.23. The highest BCUT2D eigenvalue weighted by molar-refractivity contribution is 6.13. The molecule has 30 heavy (non-hydrogen) atoms. The number of carbonyl (C=O) groups is 2. The zero-order chi connectivity index (χ0) is 21.3. The Morgan fingerprint density at radius 1 is 1.00 bits per heavy atom. The number of carbonyl (C=O) groups excluding carboxylic acids is 2. The summed E-state index contributed by atoms with van der Waals surface area (Å²) in [6, 6.07) is 20.0. The van der Waals surface area contributed by atoms with Crippen molar-refractivity contribution in [2.24, 2.45) is 5.73 Å². The minimum absolute atomic E-state index is 0.174. The van der Waals surface area contributed by atoms with Crippen LogP contribution in [0.15, 0.2) is 71.1 Å². The first-order valence-corrected chi connectivity index (χ1v) is 9.36. The molecule has 4 rings (SSSR count). The van der Waals surface area contributed by atoms with Crippen molar-refractivity contribution >= 4 is 28.5 Å². The molecule has 1 aromatic heterocycles. The van der Waals surface area contributed by atoms with Gasteiger partial charge in [-0.25, -0.2) is 0 Å². The van der Waals surface area contributed by atoms with Crippen LogP contribution in [0.4, 0.5) is 5.69 Å². The van der Waals surface area contributed by atoms with Gasteiger partial charge in [0.05, 0.1) is 7.11 Å². The summed E-state index contributed by atoms with van der Waals surface area (Å²) in [4.78, 5) is 24.8. The Morgan fingerprint density at radius 2 is 1.77 bits per heavy atom. The molecule has 3 aromatic carbocycles. The summed E-state index contributed by atoms with van der Waals surface area (Å²) in [5.74, 6) is -0.167. The number of amides is 2. The molecule has 3 N–H and O–H groups in total. The van der Waals surface area contributed by atoms with E-state index in [0.717, 1.165) is 10.9 Å². The summed E-state index contributed by atoms with van der Waals surface area (Å²) in [5, 5.41) is 3.65. The van der Waals surface area contributed by atoms with E-state index in [1.165, 1.54) is 0 Å². The Hall–Kier alpha value is -4.06. The number of methoxy groups -OCH3 is 1. The lowest BCUT2D eigenvalue weighted by Crippen LogP contribution is -2.16. The molecule has 0 aliphatic carbocycles. The smallest absolute Gasteiger partial charge is 0.292 e. The second-order valence-electron chi connectivity index (χ2n) is 6.83. The van der Waals surface area contributed by atoms with Gasteiger partial charge in [-0.15, -0.1) is 0 Å². The van der Waals surface area contributed by atoms with Gasteiger partial charge in [-0.2, -0.15) is 0 Å². The van der Waals surface area contributed by atoms with Crippen molar-refractivity contribution in [1.29, 1.82) is 0 Å². The van der Waals surface area contributed by atoms with Crippen LogP contribution in [0, 0.1) is 6.92 Å². The number of furan rings is 1. The number of nitrogens with one attached hydrogen (secondary N) is 1. The molecule has 0 aliphatic heterocycles. The Labute approximate surface area is 173 Å². The lowest BCUT2D eigenvalue weighted by molar-refractivity contribution is 0.0989. The Bertz CT molecular complexity index is 1260. The lowest BCUT2D eigenvalue weighted by atomic mass is 10.0. The number of anilines is 1. The van der Waals surface area contributed by atoms with Crippen molar-refractivity contribution < 1.29 is 18.7 Å². The van der Waals surface area contributed by atoms with Crippen LogP contribution in [0.3, 0.4) is 0 Å². The van der Waals surface area contributed by atoms with E-state index in [4.69, 9.17) is 14.9 Å². The third-order valence-electron chi connectivity index (χ3n) is 5.01. The van der Waals surface area contributed by atoms with Gasteiger partial charge in [0.15, 0.2) is 0 Å². The summed E-state index contributed by atoms with van der Waals surface area (Å²) < 4.78 is 11.2. The molecule has 4 aromatic rings. The number of ether oxygens (including phenoxy) is 1. The third kappa shape index (κ3) is 3.39. The minimum atomic E-state index is -0.551. The van der Waals surface area contributed by atoms with Crippen LogP contribution < -0.4 is 15.8 Å². The highest BCUT2D eigenvalue weighted by Crippen LogP contribution is 2.37. The lowest BCUT2D eigenvalue weighted by Gasteiger charge is -2.10. The molecule has 0 fully saturated rings. The number of nitrogens with two attached hydrogens (primary N) is 1. The van der Waals surface area contributed by atoms with E-state index >= 15 is 0 Å². The fourth-order valence-corrected chi connectivity index (χ4v) is 3.47. The molecule has 0 spiro atoms. The van der Waals surface area contributed by atoms with Gasteiger partial charge in [0.25, 0.3) is 5.91 Å². The molecule has 0 radical (unpaired) electrons. The van der Waals surface area contributed by atoms with Crippen LogP contribution in [0.5, 0.6) is 5.75 Å². The van der Waals surface area contributed by atoms with Crippen molar-refractivity contribution in [2.75, 3.05) is 12.4 Å². The van der Waals surface area contributed by atoms with E-state index in [1.54, 1.807) is 38.3 Å². The molecule has 0 saturated heterocycles. The van der Waals surface area contributed by atoms with Gasteiger partial charge in [-0.1, -0.05) is 36.4 Å². The summed E-state index contributed by atoms with van der Waals surface area (Å²) in [5.41, 5.74) is 8.95. The zero-order valence-electron chi connectivity index (χ0n) is 16.6. The Morgan fingerprint density at radius 3 is 2.47 bits per heavy atom. The zero-order valence-corrected chi connectivity index (χ0v) is 16.6. The Balaban J connectivity index is 1.83. The van der Waals surface area contributed by atoms with Crippen molar-refractivity contribution in [3.05, 3.63) is 83.6 Å². The predicted molar refractivity (Wildman–Crippen MR) is 116 cm³/mol. The second-order valence-corrected chi connectivity index (χ2v) is 6.83. The van der Waals surface area contributed by atoms with Crippen LogP contribution in [0.1, 0.15) is 26.5 Å². The molecule has 6 nitrogen and oxygen atoms in total. The van der Waals surface area contributed by atoms with Gasteiger partial charge in [-0.05, 0) is 42.3 Å². The topological polar surface area (TPSA) is 94.6 Å². The fraction of sp³-hybridized carbons (Fsp3) is 0.0833. The molecule has 6 heteroatoms. The maximum Gasteiger partial charge on any atom is 0.292 e. The molecule has 150 valence electrons. The predicted octanol–water partition coefficient (Wildman–Crippen LogP) is 4.77. The number of hydrogen-bond donors (Lipinski definition) is 2.